The van der Waals surface area contributed by atoms with Crippen molar-refractivity contribution in [3.63, 3.8) is 0 Å². The molecule has 2 aromatic heterocycles. The zero-order valence-electron chi connectivity index (χ0n) is 10.8. The summed E-state index contributed by atoms with van der Waals surface area (Å²) in [5, 5.41) is 11.1. The zero-order valence-corrected chi connectivity index (χ0v) is 11.6. The Balaban J connectivity index is 1.66. The number of oxazole rings is 1. The molecule has 2 aromatic rings. The van der Waals surface area contributed by atoms with Crippen molar-refractivity contribution in [2.45, 2.75) is 18.5 Å². The molecule has 0 amide bonds. The van der Waals surface area contributed by atoms with Crippen LogP contribution in [0.25, 0.3) is 10.8 Å². The Morgan fingerprint density at radius 3 is 3.15 bits per heavy atom. The molecular weight excluding hydrogens is 278 g/mol. The third-order valence-corrected chi connectivity index (χ3v) is 4.33. The summed E-state index contributed by atoms with van der Waals surface area (Å²) in [7, 11) is 0. The van der Waals surface area contributed by atoms with Crippen LogP contribution in [0.3, 0.4) is 0 Å². The first-order valence-corrected chi connectivity index (χ1v) is 7.18. The van der Waals surface area contributed by atoms with Crippen LogP contribution in [0.1, 0.15) is 12.1 Å². The van der Waals surface area contributed by atoms with Gasteiger partial charge in [-0.2, -0.15) is 0 Å². The van der Waals surface area contributed by atoms with Crippen LogP contribution in [0, 0.1) is 0 Å². The first-order chi connectivity index (χ1) is 9.57. The van der Waals surface area contributed by atoms with Crippen LogP contribution < -0.4 is 5.73 Å². The molecule has 7 heteroatoms. The fourth-order valence-corrected chi connectivity index (χ4v) is 3.00. The summed E-state index contributed by atoms with van der Waals surface area (Å²) in [6.45, 7) is 1.55. The van der Waals surface area contributed by atoms with E-state index in [0.29, 0.717) is 31.9 Å². The molecule has 1 saturated heterocycles. The maximum atomic E-state index is 11.1. The van der Waals surface area contributed by atoms with Gasteiger partial charge in [0, 0.05) is 19.6 Å². The van der Waals surface area contributed by atoms with Crippen LogP contribution in [0.5, 0.6) is 0 Å². The van der Waals surface area contributed by atoms with E-state index in [4.69, 9.17) is 15.3 Å². The highest BCUT2D eigenvalue weighted by Gasteiger charge is 2.41. The average Bonchev–Trinajstić information content (AvgIpc) is 3.10. The van der Waals surface area contributed by atoms with Crippen molar-refractivity contribution in [2.75, 3.05) is 13.1 Å². The monoisotopic (exact) mass is 293 g/mol. The Morgan fingerprint density at radius 1 is 1.65 bits per heavy atom. The molecule has 1 fully saturated rings. The standard InChI is InChI=1S/C13H15N3O3S/c14-13(12(17)18)3-4-16(8-13)6-9-7-19-11(15-9)10-2-1-5-20-10/h1-2,5,7H,3-4,6,8,14H2,(H,17,18). The number of hydrogen-bond donors (Lipinski definition) is 2. The molecular formula is C13H15N3O3S. The molecule has 6 nitrogen and oxygen atoms in total. The molecule has 1 aliphatic heterocycles. The summed E-state index contributed by atoms with van der Waals surface area (Å²) in [5.74, 6) is -0.342. The van der Waals surface area contributed by atoms with E-state index >= 15 is 0 Å². The van der Waals surface area contributed by atoms with E-state index < -0.39 is 11.5 Å². The SMILES string of the molecule is NC1(C(=O)O)CCN(Cc2coc(-c3cccs3)n2)C1. The third-order valence-electron chi connectivity index (χ3n) is 3.48. The highest BCUT2D eigenvalue weighted by molar-refractivity contribution is 7.13. The summed E-state index contributed by atoms with van der Waals surface area (Å²) in [6.07, 6.45) is 2.07. The van der Waals surface area contributed by atoms with Gasteiger partial charge >= 0.3 is 5.97 Å². The Labute approximate surface area is 119 Å². The molecule has 20 heavy (non-hydrogen) atoms. The predicted molar refractivity (Wildman–Crippen MR) is 74.3 cm³/mol. The minimum atomic E-state index is -1.14. The summed E-state index contributed by atoms with van der Waals surface area (Å²) in [4.78, 5) is 18.5. The number of hydrogen-bond acceptors (Lipinski definition) is 6. The topological polar surface area (TPSA) is 92.6 Å². The van der Waals surface area contributed by atoms with Gasteiger partial charge in [-0.3, -0.25) is 9.69 Å². The Morgan fingerprint density at radius 2 is 2.50 bits per heavy atom. The van der Waals surface area contributed by atoms with Gasteiger partial charge < -0.3 is 15.3 Å². The maximum absolute atomic E-state index is 11.1. The van der Waals surface area contributed by atoms with Crippen molar-refractivity contribution in [1.82, 2.24) is 9.88 Å². The number of thiophene rings is 1. The predicted octanol–water partition coefficient (Wildman–Crippen LogP) is 1.39. The highest BCUT2D eigenvalue weighted by Crippen LogP contribution is 2.25. The Hall–Kier alpha value is -1.70. The fourth-order valence-electron chi connectivity index (χ4n) is 2.35. The zero-order chi connectivity index (χ0) is 14.2. The molecule has 3 N–H and O–H groups in total. The molecule has 3 heterocycles. The van der Waals surface area contributed by atoms with Gasteiger partial charge in [-0.25, -0.2) is 4.98 Å². The first kappa shape index (κ1) is 13.3. The molecule has 1 atom stereocenters. The van der Waals surface area contributed by atoms with Crippen molar-refractivity contribution in [2.24, 2.45) is 5.73 Å². The number of aromatic nitrogens is 1. The van der Waals surface area contributed by atoms with E-state index in [0.717, 1.165) is 10.6 Å². The lowest BCUT2D eigenvalue weighted by molar-refractivity contribution is -0.142. The number of aliphatic carboxylic acids is 1. The van der Waals surface area contributed by atoms with E-state index in [9.17, 15) is 4.79 Å². The minimum absolute atomic E-state index is 0.337. The summed E-state index contributed by atoms with van der Waals surface area (Å²) in [6, 6.07) is 3.89. The molecule has 3 rings (SSSR count). The third kappa shape index (κ3) is 2.47. The normalized spacial score (nSPS) is 23.2. The molecule has 0 bridgehead atoms. The number of carboxylic acid groups (broad SMARTS) is 1. The van der Waals surface area contributed by atoms with Gasteiger partial charge in [-0.15, -0.1) is 11.3 Å². The lowest BCUT2D eigenvalue weighted by Gasteiger charge is -2.19. The molecule has 106 valence electrons. The van der Waals surface area contributed by atoms with Crippen molar-refractivity contribution in [1.29, 1.82) is 0 Å². The number of carboxylic acids is 1. The number of nitrogens with two attached hydrogens (primary N) is 1. The van der Waals surface area contributed by atoms with Gasteiger partial charge in [-0.1, -0.05) is 6.07 Å². The van der Waals surface area contributed by atoms with E-state index in [-0.39, 0.29) is 0 Å². The van der Waals surface area contributed by atoms with Crippen LogP contribution >= 0.6 is 11.3 Å². The number of nitrogens with zero attached hydrogens (tertiary/aromatic N) is 2. The molecule has 0 aliphatic carbocycles. The first-order valence-electron chi connectivity index (χ1n) is 6.30. The lowest BCUT2D eigenvalue weighted by Crippen LogP contribution is -2.50. The van der Waals surface area contributed by atoms with Crippen molar-refractivity contribution in [3.8, 4) is 10.8 Å². The van der Waals surface area contributed by atoms with E-state index in [1.807, 2.05) is 22.4 Å². The second-order valence-corrected chi connectivity index (χ2v) is 5.99. The van der Waals surface area contributed by atoms with Gasteiger partial charge in [0.2, 0.25) is 5.89 Å². The number of carbonyl (C=O) groups is 1. The van der Waals surface area contributed by atoms with Crippen molar-refractivity contribution in [3.05, 3.63) is 29.5 Å². The molecule has 0 radical (unpaired) electrons. The summed E-state index contributed by atoms with van der Waals surface area (Å²) < 4.78 is 5.44. The second-order valence-electron chi connectivity index (χ2n) is 5.04. The van der Waals surface area contributed by atoms with Crippen LogP contribution in [0.2, 0.25) is 0 Å². The molecule has 1 aliphatic rings. The molecule has 0 saturated carbocycles. The highest BCUT2D eigenvalue weighted by atomic mass is 32.1. The maximum Gasteiger partial charge on any atom is 0.325 e. The molecule has 1 unspecified atom stereocenters. The van der Waals surface area contributed by atoms with Crippen LogP contribution in [-0.4, -0.2) is 39.6 Å². The summed E-state index contributed by atoms with van der Waals surface area (Å²) >= 11 is 1.57. The van der Waals surface area contributed by atoms with Gasteiger partial charge in [0.15, 0.2) is 0 Å². The van der Waals surface area contributed by atoms with Crippen LogP contribution in [0.4, 0.5) is 0 Å². The second kappa shape index (κ2) is 5.01. The summed E-state index contributed by atoms with van der Waals surface area (Å²) in [5.41, 5.74) is 5.50. The van der Waals surface area contributed by atoms with Crippen molar-refractivity contribution >= 4 is 17.3 Å². The van der Waals surface area contributed by atoms with Gasteiger partial charge in [0.25, 0.3) is 0 Å². The average molecular weight is 293 g/mol. The van der Waals surface area contributed by atoms with Crippen LogP contribution in [-0.2, 0) is 11.3 Å². The Bertz CT molecular complexity index is 610. The quantitative estimate of drug-likeness (QED) is 0.885. The molecule has 0 aromatic carbocycles. The van der Waals surface area contributed by atoms with E-state index in [1.54, 1.807) is 17.6 Å². The molecule has 0 spiro atoms. The Kier molecular flexibility index (Phi) is 3.33. The van der Waals surface area contributed by atoms with E-state index in [1.165, 1.54) is 0 Å². The van der Waals surface area contributed by atoms with Crippen molar-refractivity contribution < 1.29 is 14.3 Å². The van der Waals surface area contributed by atoms with Gasteiger partial charge in [-0.05, 0) is 17.9 Å². The van der Waals surface area contributed by atoms with Gasteiger partial charge in [0.05, 0.1) is 10.6 Å². The van der Waals surface area contributed by atoms with Crippen LogP contribution in [0.15, 0.2) is 28.2 Å². The van der Waals surface area contributed by atoms with Gasteiger partial charge in [0.1, 0.15) is 11.8 Å². The largest absolute Gasteiger partial charge is 0.480 e. The fraction of sp³-hybridized carbons (Fsp3) is 0.385. The lowest BCUT2D eigenvalue weighted by atomic mass is 10.0. The minimum Gasteiger partial charge on any atom is -0.480 e. The smallest absolute Gasteiger partial charge is 0.325 e. The number of likely N-dealkylation sites (tertiary alicyclic amines) is 1. The van der Waals surface area contributed by atoms with E-state index in [2.05, 4.69) is 4.98 Å². The number of rotatable bonds is 4.